The summed E-state index contributed by atoms with van der Waals surface area (Å²) in [6.45, 7) is 34.0. The van der Waals surface area contributed by atoms with Gasteiger partial charge in [-0.05, 0) is 314 Å². The summed E-state index contributed by atoms with van der Waals surface area (Å²) in [4.78, 5) is 0. The molecule has 22 atom stereocenters. The molecule has 0 radical (unpaired) electrons. The molecule has 14 nitrogen and oxygen atoms in total. The van der Waals surface area contributed by atoms with E-state index in [1.54, 1.807) is 0 Å². The third kappa shape index (κ3) is 27.8. The van der Waals surface area contributed by atoms with Gasteiger partial charge >= 0.3 is 0 Å². The Balaban J connectivity index is 0.000000302. The van der Waals surface area contributed by atoms with Crippen LogP contribution in [0.4, 0.5) is 0 Å². The topological polar surface area (TPSA) is 236 Å². The molecule has 636 valence electrons. The van der Waals surface area contributed by atoms with Crippen molar-refractivity contribution in [2.75, 3.05) is 105 Å². The van der Waals surface area contributed by atoms with Crippen molar-refractivity contribution in [1.29, 1.82) is 0 Å². The Labute approximate surface area is 667 Å². The highest BCUT2D eigenvalue weighted by atomic mass is 16.5. The molecule has 8 saturated carbocycles. The molecule has 0 spiro atoms. The largest absolute Gasteiger partial charge is 0.378 e. The number of unbranched alkanes of at least 4 members (excludes halogenated alkanes) is 22. The van der Waals surface area contributed by atoms with Gasteiger partial charge in [-0.3, -0.25) is 0 Å². The first kappa shape index (κ1) is 94.6. The standard InChI is InChI=1S/C49H96N4O3.C45H88N4O3/c1-5-6-7-8-9-10-11-12-13-14-15-16-17-18-31-53-32-19-23-39(2)42-24-25-43-47-44(38-46(49(42,43)4)56-35-22-30-52)48(3)27-26-41(54-33-20-28-50)36-40(48)37-45(47)55-34-21-29-51;1-5-6-7-8-9-10-11-12-13-14-27-49-28-15-19-35(2)38-20-21-39-43-40(34-42(45(38,39)4)52-31-18-26-48)44(3)23-22-37(50-29-16-24-46)32-36(44)33-41(43)51-30-17-25-47/h39-47,53H,5-38,50-52H2,1-4H3;35-43,49H,5-34,46-48H2,1-4H3/t39-,40+,41-,42-,43+,44+,45-,46+,47+,48+,49-;35-,36+,37-,38-,39+,40+,41-,42+,43+,44+,45-/m11/s1. The Morgan fingerprint density at radius 1 is 0.315 bits per heavy atom. The lowest BCUT2D eigenvalue weighted by molar-refractivity contribution is -0.227. The average molecular weight is 1520 g/mol. The van der Waals surface area contributed by atoms with Crippen LogP contribution in [0.15, 0.2) is 0 Å². The van der Waals surface area contributed by atoms with Crippen LogP contribution >= 0.6 is 0 Å². The zero-order valence-electron chi connectivity index (χ0n) is 72.6. The highest BCUT2D eigenvalue weighted by Gasteiger charge is 2.69. The summed E-state index contributed by atoms with van der Waals surface area (Å²) in [6.07, 6.45) is 64.0. The van der Waals surface area contributed by atoms with Gasteiger partial charge in [-0.2, -0.15) is 0 Å². The zero-order valence-corrected chi connectivity index (χ0v) is 72.6. The number of ether oxygens (including phenoxy) is 6. The number of fused-ring (bicyclic) bond motifs is 10. The van der Waals surface area contributed by atoms with E-state index in [-0.39, 0.29) is 10.8 Å². The fourth-order valence-corrected chi connectivity index (χ4v) is 25.1. The van der Waals surface area contributed by atoms with Crippen LogP contribution in [0.3, 0.4) is 0 Å². The number of nitrogens with two attached hydrogens (primary N) is 6. The maximum absolute atomic E-state index is 7.07. The van der Waals surface area contributed by atoms with E-state index in [9.17, 15) is 0 Å². The van der Waals surface area contributed by atoms with E-state index < -0.39 is 0 Å². The number of nitrogens with one attached hydrogen (secondary N) is 2. The van der Waals surface area contributed by atoms with Crippen molar-refractivity contribution in [3.63, 3.8) is 0 Å². The lowest BCUT2D eigenvalue weighted by Crippen LogP contribution is -2.63. The van der Waals surface area contributed by atoms with Gasteiger partial charge in [-0.1, -0.05) is 197 Å². The van der Waals surface area contributed by atoms with E-state index in [1.807, 2.05) is 0 Å². The second-order valence-electron chi connectivity index (χ2n) is 38.5. The molecule has 0 aromatic carbocycles. The van der Waals surface area contributed by atoms with E-state index in [4.69, 9.17) is 62.8 Å². The second kappa shape index (κ2) is 53.0. The Morgan fingerprint density at radius 2 is 0.611 bits per heavy atom. The van der Waals surface area contributed by atoms with Gasteiger partial charge in [0.05, 0.1) is 36.6 Å². The van der Waals surface area contributed by atoms with Crippen molar-refractivity contribution in [3.05, 3.63) is 0 Å². The van der Waals surface area contributed by atoms with Crippen LogP contribution in [0.25, 0.3) is 0 Å². The summed E-state index contributed by atoms with van der Waals surface area (Å²) in [5.41, 5.74) is 36.6. The van der Waals surface area contributed by atoms with E-state index in [0.717, 1.165) is 104 Å². The molecule has 0 aromatic rings. The molecule has 0 amide bonds. The molecule has 0 unspecified atom stereocenters. The van der Waals surface area contributed by atoms with Crippen LogP contribution in [0, 0.1) is 92.7 Å². The molecule has 14 N–H and O–H groups in total. The predicted octanol–water partition coefficient (Wildman–Crippen LogP) is 19.5. The van der Waals surface area contributed by atoms with Crippen LogP contribution in [0.1, 0.15) is 364 Å². The number of hydrogen-bond donors (Lipinski definition) is 8. The molecule has 0 heterocycles. The molecule has 0 bridgehead atoms. The van der Waals surface area contributed by atoms with Crippen LogP contribution in [0.5, 0.6) is 0 Å². The molecular formula is C94H184N8O6. The molecule has 8 aliphatic carbocycles. The smallest absolute Gasteiger partial charge is 0.0637 e. The summed E-state index contributed by atoms with van der Waals surface area (Å²) < 4.78 is 40.9. The van der Waals surface area contributed by atoms with Gasteiger partial charge in [0.25, 0.3) is 0 Å². The van der Waals surface area contributed by atoms with Crippen LogP contribution in [0.2, 0.25) is 0 Å². The van der Waals surface area contributed by atoms with Crippen molar-refractivity contribution >= 4 is 0 Å². The Hall–Kier alpha value is -0.560. The fourth-order valence-electron chi connectivity index (χ4n) is 25.1. The quantitative estimate of drug-likeness (QED) is 0.0265. The lowest BCUT2D eigenvalue weighted by atomic mass is 9.43. The maximum atomic E-state index is 7.07. The minimum Gasteiger partial charge on any atom is -0.378 e. The van der Waals surface area contributed by atoms with Crippen molar-refractivity contribution < 1.29 is 28.4 Å². The third-order valence-electron chi connectivity index (χ3n) is 31.4. The fraction of sp³-hybridized carbons (Fsp3) is 1.00. The van der Waals surface area contributed by atoms with E-state index in [2.05, 4.69) is 66.0 Å². The van der Waals surface area contributed by atoms with Crippen LogP contribution in [-0.2, 0) is 28.4 Å². The summed E-state index contributed by atoms with van der Waals surface area (Å²) in [6, 6.07) is 0. The minimum atomic E-state index is 0.179. The Morgan fingerprint density at radius 3 is 0.935 bits per heavy atom. The summed E-state index contributed by atoms with van der Waals surface area (Å²) >= 11 is 0. The molecule has 0 aliphatic heterocycles. The van der Waals surface area contributed by atoms with E-state index in [0.29, 0.717) is 158 Å². The van der Waals surface area contributed by atoms with Crippen LogP contribution in [-0.4, -0.2) is 142 Å². The van der Waals surface area contributed by atoms with Crippen molar-refractivity contribution in [2.24, 2.45) is 127 Å². The summed E-state index contributed by atoms with van der Waals surface area (Å²) in [7, 11) is 0. The SMILES string of the molecule is CCCCCCCCCCCCCCCCNCCC[C@@H](C)[C@H]1CC[C@H]2[C@@H]3[C@H](OCCCN)C[C@@H]4C[C@H](OCCCN)CC[C@]4(C)[C@H]3C[C@H](OCCCN)[C@]12C.CCCCCCCCCCCCNCCC[C@@H](C)[C@H]1CC[C@H]2[C@@H]3[C@H](OCCCN)C[C@@H]4C[C@H](OCCCN)CC[C@]4(C)[C@H]3C[C@H](OCCCN)[C@]12C. The van der Waals surface area contributed by atoms with Gasteiger partial charge in [-0.15, -0.1) is 0 Å². The van der Waals surface area contributed by atoms with E-state index in [1.165, 1.54) is 270 Å². The zero-order chi connectivity index (χ0) is 77.3. The van der Waals surface area contributed by atoms with Gasteiger partial charge in [0.1, 0.15) is 0 Å². The van der Waals surface area contributed by atoms with Crippen molar-refractivity contribution in [2.45, 2.75) is 400 Å². The van der Waals surface area contributed by atoms with E-state index >= 15 is 0 Å². The Bertz CT molecular complexity index is 2240. The minimum absolute atomic E-state index is 0.179. The monoisotopic (exact) mass is 1520 g/mol. The molecule has 0 aromatic heterocycles. The average Bonchev–Trinajstić information content (AvgIpc) is 1.44. The highest BCUT2D eigenvalue weighted by molar-refractivity contribution is 5.17. The number of rotatable bonds is 60. The second-order valence-corrected chi connectivity index (χ2v) is 38.5. The predicted molar refractivity (Wildman–Crippen MR) is 457 cm³/mol. The third-order valence-corrected chi connectivity index (χ3v) is 31.4. The first-order valence-electron chi connectivity index (χ1n) is 48.0. The van der Waals surface area contributed by atoms with Gasteiger partial charge in [0.2, 0.25) is 0 Å². The molecule has 8 aliphatic rings. The summed E-state index contributed by atoms with van der Waals surface area (Å²) in [5.74, 6) is 7.83. The molecule has 14 heteroatoms. The molecular weight excluding hydrogens is 1340 g/mol. The molecule has 8 fully saturated rings. The van der Waals surface area contributed by atoms with Gasteiger partial charge in [-0.25, -0.2) is 0 Å². The first-order chi connectivity index (χ1) is 52.7. The molecule has 108 heavy (non-hydrogen) atoms. The number of hydrogen-bond acceptors (Lipinski definition) is 14. The molecule has 8 rings (SSSR count). The maximum Gasteiger partial charge on any atom is 0.0637 e. The van der Waals surface area contributed by atoms with Gasteiger partial charge in [0, 0.05) is 50.5 Å². The summed E-state index contributed by atoms with van der Waals surface area (Å²) in [5, 5.41) is 7.63. The van der Waals surface area contributed by atoms with Crippen molar-refractivity contribution in [3.8, 4) is 0 Å². The highest BCUT2D eigenvalue weighted by Crippen LogP contribution is 2.72. The lowest BCUT2D eigenvalue weighted by Gasteiger charge is -2.65. The Kier molecular flexibility index (Phi) is 46.4. The molecule has 0 saturated heterocycles. The van der Waals surface area contributed by atoms with Gasteiger partial charge < -0.3 is 73.5 Å². The first-order valence-corrected chi connectivity index (χ1v) is 48.0. The van der Waals surface area contributed by atoms with Crippen LogP contribution < -0.4 is 45.0 Å². The van der Waals surface area contributed by atoms with Gasteiger partial charge in [0.15, 0.2) is 0 Å². The van der Waals surface area contributed by atoms with Crippen molar-refractivity contribution in [1.82, 2.24) is 10.6 Å². The normalized spacial score (nSPS) is 34.1.